The van der Waals surface area contributed by atoms with Gasteiger partial charge in [-0.3, -0.25) is 0 Å². The number of hydrogen-bond donors (Lipinski definition) is 1. The van der Waals surface area contributed by atoms with E-state index in [1.165, 1.54) is 36.7 Å². The lowest BCUT2D eigenvalue weighted by Gasteiger charge is -2.36. The number of nitrogens with one attached hydrogen (secondary N) is 1. The summed E-state index contributed by atoms with van der Waals surface area (Å²) >= 11 is 5.66. The van der Waals surface area contributed by atoms with E-state index in [1.807, 2.05) is 11.3 Å². The van der Waals surface area contributed by atoms with Crippen molar-refractivity contribution in [2.75, 3.05) is 13.1 Å². The Labute approximate surface area is 123 Å². The van der Waals surface area contributed by atoms with Gasteiger partial charge in [0.1, 0.15) is 0 Å². The largest absolute Gasteiger partial charge is 0.317 e. The zero-order valence-electron chi connectivity index (χ0n) is 11.4. The van der Waals surface area contributed by atoms with Crippen LogP contribution in [-0.4, -0.2) is 13.1 Å². The van der Waals surface area contributed by atoms with Gasteiger partial charge in [0, 0.05) is 9.35 Å². The van der Waals surface area contributed by atoms with E-state index >= 15 is 0 Å². The molecule has 1 nitrogen and oxygen atoms in total. The van der Waals surface area contributed by atoms with Crippen LogP contribution in [0.25, 0.3) is 0 Å². The van der Waals surface area contributed by atoms with Crippen LogP contribution in [0.15, 0.2) is 15.9 Å². The van der Waals surface area contributed by atoms with Crippen molar-refractivity contribution < 1.29 is 0 Å². The van der Waals surface area contributed by atoms with Gasteiger partial charge < -0.3 is 5.32 Å². The van der Waals surface area contributed by atoms with Crippen molar-refractivity contribution in [2.45, 2.75) is 45.4 Å². The Morgan fingerprint density at radius 2 is 2.22 bits per heavy atom. The van der Waals surface area contributed by atoms with Crippen LogP contribution in [0.5, 0.6) is 0 Å². The fourth-order valence-electron chi connectivity index (χ4n) is 3.16. The molecule has 1 saturated carbocycles. The Balaban J connectivity index is 2.11. The first kappa shape index (κ1) is 14.5. The summed E-state index contributed by atoms with van der Waals surface area (Å²) in [5.74, 6) is 2.52. The van der Waals surface area contributed by atoms with Gasteiger partial charge in [-0.15, -0.1) is 11.3 Å². The van der Waals surface area contributed by atoms with Gasteiger partial charge in [-0.25, -0.2) is 0 Å². The molecule has 0 bridgehead atoms. The molecule has 1 N–H and O–H groups in total. The maximum absolute atomic E-state index is 3.73. The standard InChI is InChI=1S/C15H24BrNS/c1-3-11-5-6-12(10-17-4-2)13(9-11)15-14(16)7-8-18-15/h7-8,11-13,17H,3-6,9-10H2,1-2H3. The molecule has 3 unspecified atom stereocenters. The molecule has 0 amide bonds. The van der Waals surface area contributed by atoms with Crippen LogP contribution in [0.4, 0.5) is 0 Å². The van der Waals surface area contributed by atoms with Gasteiger partial charge >= 0.3 is 0 Å². The van der Waals surface area contributed by atoms with E-state index in [1.54, 1.807) is 4.88 Å². The lowest BCUT2D eigenvalue weighted by atomic mass is 9.72. The molecule has 2 rings (SSSR count). The highest BCUT2D eigenvalue weighted by Crippen LogP contribution is 2.45. The summed E-state index contributed by atoms with van der Waals surface area (Å²) < 4.78 is 1.33. The quantitative estimate of drug-likeness (QED) is 0.798. The van der Waals surface area contributed by atoms with Gasteiger partial charge in [-0.2, -0.15) is 0 Å². The topological polar surface area (TPSA) is 12.0 Å². The molecular formula is C15H24BrNS. The Hall–Kier alpha value is 0.140. The molecule has 0 saturated heterocycles. The molecule has 1 aromatic heterocycles. The van der Waals surface area contributed by atoms with Crippen LogP contribution in [0.1, 0.15) is 50.3 Å². The zero-order valence-corrected chi connectivity index (χ0v) is 13.8. The van der Waals surface area contributed by atoms with Crippen LogP contribution in [-0.2, 0) is 0 Å². The molecule has 0 radical (unpaired) electrons. The van der Waals surface area contributed by atoms with Gasteiger partial charge in [0.2, 0.25) is 0 Å². The summed E-state index contributed by atoms with van der Waals surface area (Å²) in [6.45, 7) is 6.82. The van der Waals surface area contributed by atoms with Gasteiger partial charge in [0.15, 0.2) is 0 Å². The molecule has 1 fully saturated rings. The summed E-state index contributed by atoms with van der Waals surface area (Å²) in [4.78, 5) is 1.58. The van der Waals surface area contributed by atoms with Gasteiger partial charge in [0.25, 0.3) is 0 Å². The van der Waals surface area contributed by atoms with Gasteiger partial charge in [-0.05, 0) is 71.1 Å². The summed E-state index contributed by atoms with van der Waals surface area (Å²) in [6.07, 6.45) is 5.53. The summed E-state index contributed by atoms with van der Waals surface area (Å²) in [6, 6.07) is 2.21. The van der Waals surface area contributed by atoms with Crippen molar-refractivity contribution in [3.63, 3.8) is 0 Å². The van der Waals surface area contributed by atoms with E-state index in [2.05, 4.69) is 46.5 Å². The monoisotopic (exact) mass is 329 g/mol. The maximum Gasteiger partial charge on any atom is 0.0317 e. The summed E-state index contributed by atoms with van der Waals surface area (Å²) in [5.41, 5.74) is 0. The van der Waals surface area contributed by atoms with Crippen LogP contribution in [0, 0.1) is 11.8 Å². The zero-order chi connectivity index (χ0) is 13.0. The normalized spacial score (nSPS) is 28.5. The van der Waals surface area contributed by atoms with E-state index in [0.29, 0.717) is 0 Å². The van der Waals surface area contributed by atoms with Crippen molar-refractivity contribution in [3.05, 3.63) is 20.8 Å². The SMILES string of the molecule is CCNCC1CCC(CC)CC1c1sccc1Br. The lowest BCUT2D eigenvalue weighted by molar-refractivity contribution is 0.228. The average molecular weight is 330 g/mol. The number of halogens is 1. The fourth-order valence-corrected chi connectivity index (χ4v) is 5.03. The minimum absolute atomic E-state index is 0.761. The number of hydrogen-bond acceptors (Lipinski definition) is 2. The highest BCUT2D eigenvalue weighted by molar-refractivity contribution is 9.10. The Morgan fingerprint density at radius 1 is 1.39 bits per heavy atom. The van der Waals surface area contributed by atoms with E-state index in [0.717, 1.165) is 24.3 Å². The first-order valence-electron chi connectivity index (χ1n) is 7.19. The summed E-state index contributed by atoms with van der Waals surface area (Å²) in [5, 5.41) is 5.77. The molecule has 0 spiro atoms. The molecule has 0 aromatic carbocycles. The second kappa shape index (κ2) is 7.06. The third-order valence-electron chi connectivity index (χ3n) is 4.32. The second-order valence-electron chi connectivity index (χ2n) is 5.39. The molecule has 18 heavy (non-hydrogen) atoms. The summed E-state index contributed by atoms with van der Waals surface area (Å²) in [7, 11) is 0. The highest BCUT2D eigenvalue weighted by atomic mass is 79.9. The molecule has 3 atom stereocenters. The third kappa shape index (κ3) is 3.37. The smallest absolute Gasteiger partial charge is 0.0317 e. The minimum Gasteiger partial charge on any atom is -0.317 e. The van der Waals surface area contributed by atoms with Crippen LogP contribution in [0.2, 0.25) is 0 Å². The molecule has 1 heterocycles. The lowest BCUT2D eigenvalue weighted by Crippen LogP contribution is -2.31. The predicted octanol–water partition coefficient (Wildman–Crippen LogP) is 5.03. The molecule has 3 heteroatoms. The first-order chi connectivity index (χ1) is 8.76. The predicted molar refractivity (Wildman–Crippen MR) is 84.4 cm³/mol. The van der Waals surface area contributed by atoms with Crippen molar-refractivity contribution in [1.82, 2.24) is 5.32 Å². The Kier molecular flexibility index (Phi) is 5.71. The second-order valence-corrected chi connectivity index (χ2v) is 7.20. The average Bonchev–Trinajstić information content (AvgIpc) is 2.82. The molecule has 1 aliphatic rings. The van der Waals surface area contributed by atoms with Crippen molar-refractivity contribution in [1.29, 1.82) is 0 Å². The van der Waals surface area contributed by atoms with Crippen LogP contribution >= 0.6 is 27.3 Å². The van der Waals surface area contributed by atoms with E-state index in [-0.39, 0.29) is 0 Å². The molecule has 102 valence electrons. The van der Waals surface area contributed by atoms with Crippen molar-refractivity contribution in [2.24, 2.45) is 11.8 Å². The first-order valence-corrected chi connectivity index (χ1v) is 8.87. The third-order valence-corrected chi connectivity index (χ3v) is 6.32. The highest BCUT2D eigenvalue weighted by Gasteiger charge is 2.32. The van der Waals surface area contributed by atoms with Crippen LogP contribution < -0.4 is 5.32 Å². The van der Waals surface area contributed by atoms with E-state index < -0.39 is 0 Å². The molecule has 0 aliphatic heterocycles. The molecule has 1 aromatic rings. The Bertz CT molecular complexity index is 363. The molecular weight excluding hydrogens is 306 g/mol. The minimum atomic E-state index is 0.761. The van der Waals surface area contributed by atoms with E-state index in [9.17, 15) is 0 Å². The Morgan fingerprint density at radius 3 is 2.83 bits per heavy atom. The van der Waals surface area contributed by atoms with Crippen molar-refractivity contribution in [3.8, 4) is 0 Å². The number of rotatable bonds is 5. The maximum atomic E-state index is 3.73. The fraction of sp³-hybridized carbons (Fsp3) is 0.733. The van der Waals surface area contributed by atoms with E-state index in [4.69, 9.17) is 0 Å². The van der Waals surface area contributed by atoms with Crippen LogP contribution in [0.3, 0.4) is 0 Å². The van der Waals surface area contributed by atoms with Gasteiger partial charge in [-0.1, -0.05) is 26.7 Å². The van der Waals surface area contributed by atoms with Crippen molar-refractivity contribution >= 4 is 27.3 Å². The van der Waals surface area contributed by atoms with Gasteiger partial charge in [0.05, 0.1) is 0 Å². The number of thiophene rings is 1. The molecule has 1 aliphatic carbocycles.